The standard InChI is InChI=1S/C13H14FNO/c14-11-5-3-10(4-6-11)12(7-9-16)13-2-1-8-15-13/h1-6,8,12,15-16H,7,9H2/t12-/m0/s1. The lowest BCUT2D eigenvalue weighted by Gasteiger charge is -2.14. The van der Waals surface area contributed by atoms with Gasteiger partial charge in [-0.2, -0.15) is 0 Å². The fraction of sp³-hybridized carbons (Fsp3) is 0.231. The molecule has 0 saturated carbocycles. The number of hydrogen-bond acceptors (Lipinski definition) is 1. The van der Waals surface area contributed by atoms with E-state index < -0.39 is 0 Å². The van der Waals surface area contributed by atoms with Crippen molar-refractivity contribution in [3.05, 3.63) is 59.7 Å². The largest absolute Gasteiger partial charge is 0.396 e. The molecular formula is C13H14FNO. The molecule has 0 bridgehead atoms. The van der Waals surface area contributed by atoms with Crippen molar-refractivity contribution in [2.24, 2.45) is 0 Å². The number of nitrogens with one attached hydrogen (secondary N) is 1. The minimum absolute atomic E-state index is 0.0978. The number of hydrogen-bond donors (Lipinski definition) is 2. The Bertz CT molecular complexity index is 422. The van der Waals surface area contributed by atoms with Gasteiger partial charge >= 0.3 is 0 Å². The van der Waals surface area contributed by atoms with Crippen LogP contribution in [0, 0.1) is 5.82 Å². The second kappa shape index (κ2) is 4.94. The first-order valence-corrected chi connectivity index (χ1v) is 5.31. The second-order valence-electron chi connectivity index (χ2n) is 3.74. The van der Waals surface area contributed by atoms with Crippen LogP contribution in [0.1, 0.15) is 23.6 Å². The van der Waals surface area contributed by atoms with Crippen molar-refractivity contribution in [1.82, 2.24) is 4.98 Å². The summed E-state index contributed by atoms with van der Waals surface area (Å²) in [7, 11) is 0. The highest BCUT2D eigenvalue weighted by molar-refractivity contribution is 5.28. The summed E-state index contributed by atoms with van der Waals surface area (Å²) in [4.78, 5) is 3.13. The molecule has 1 aromatic carbocycles. The van der Waals surface area contributed by atoms with Gasteiger partial charge in [-0.15, -0.1) is 0 Å². The molecule has 1 aromatic heterocycles. The van der Waals surface area contributed by atoms with Gasteiger partial charge in [-0.05, 0) is 36.2 Å². The van der Waals surface area contributed by atoms with E-state index in [1.807, 2.05) is 18.3 Å². The Labute approximate surface area is 93.8 Å². The van der Waals surface area contributed by atoms with Crippen LogP contribution in [0.15, 0.2) is 42.6 Å². The number of benzene rings is 1. The van der Waals surface area contributed by atoms with Crippen molar-refractivity contribution in [1.29, 1.82) is 0 Å². The Morgan fingerprint density at radius 1 is 1.19 bits per heavy atom. The van der Waals surface area contributed by atoms with Gasteiger partial charge in [0, 0.05) is 24.4 Å². The molecule has 84 valence electrons. The summed E-state index contributed by atoms with van der Waals surface area (Å²) in [6.07, 6.45) is 2.48. The molecule has 0 spiro atoms. The Morgan fingerprint density at radius 2 is 1.94 bits per heavy atom. The van der Waals surface area contributed by atoms with Gasteiger partial charge in [0.25, 0.3) is 0 Å². The summed E-state index contributed by atoms with van der Waals surface area (Å²) in [5.74, 6) is -0.140. The van der Waals surface area contributed by atoms with Crippen molar-refractivity contribution in [2.45, 2.75) is 12.3 Å². The van der Waals surface area contributed by atoms with E-state index in [1.165, 1.54) is 12.1 Å². The molecular weight excluding hydrogens is 205 g/mol. The zero-order valence-corrected chi connectivity index (χ0v) is 8.86. The summed E-state index contributed by atoms with van der Waals surface area (Å²) in [5.41, 5.74) is 2.05. The molecule has 0 saturated heterocycles. The molecule has 2 aromatic rings. The summed E-state index contributed by atoms with van der Waals surface area (Å²) in [5, 5.41) is 9.06. The fourth-order valence-corrected chi connectivity index (χ4v) is 1.89. The molecule has 0 aliphatic carbocycles. The number of aliphatic hydroxyl groups excluding tert-OH is 1. The average Bonchev–Trinajstić information content (AvgIpc) is 2.81. The minimum Gasteiger partial charge on any atom is -0.396 e. The number of aromatic nitrogens is 1. The number of aromatic amines is 1. The first-order valence-electron chi connectivity index (χ1n) is 5.31. The molecule has 2 rings (SSSR count). The van der Waals surface area contributed by atoms with Gasteiger partial charge in [-0.1, -0.05) is 12.1 Å². The lowest BCUT2D eigenvalue weighted by Crippen LogP contribution is -2.04. The first-order chi connectivity index (χ1) is 7.81. The van der Waals surface area contributed by atoms with Gasteiger partial charge in [-0.3, -0.25) is 0 Å². The van der Waals surface area contributed by atoms with Crippen molar-refractivity contribution in [3.63, 3.8) is 0 Å². The Balaban J connectivity index is 2.29. The van der Waals surface area contributed by atoms with Crippen molar-refractivity contribution in [3.8, 4) is 0 Å². The maximum Gasteiger partial charge on any atom is 0.123 e. The quantitative estimate of drug-likeness (QED) is 0.814. The number of halogens is 1. The van der Waals surface area contributed by atoms with E-state index in [0.29, 0.717) is 6.42 Å². The Hall–Kier alpha value is -1.61. The van der Waals surface area contributed by atoms with Gasteiger partial charge in [0.05, 0.1) is 0 Å². The van der Waals surface area contributed by atoms with Gasteiger partial charge < -0.3 is 10.1 Å². The maximum absolute atomic E-state index is 12.8. The summed E-state index contributed by atoms with van der Waals surface area (Å²) in [6, 6.07) is 10.3. The second-order valence-corrected chi connectivity index (χ2v) is 3.74. The van der Waals surface area contributed by atoms with Gasteiger partial charge in [0.1, 0.15) is 5.82 Å². The maximum atomic E-state index is 12.8. The van der Waals surface area contributed by atoms with Crippen molar-refractivity contribution >= 4 is 0 Å². The Morgan fingerprint density at radius 3 is 2.50 bits per heavy atom. The zero-order chi connectivity index (χ0) is 11.4. The van der Waals surface area contributed by atoms with Crippen LogP contribution >= 0.6 is 0 Å². The number of aliphatic hydroxyl groups is 1. The molecule has 16 heavy (non-hydrogen) atoms. The topological polar surface area (TPSA) is 36.0 Å². The van der Waals surface area contributed by atoms with Gasteiger partial charge in [0.2, 0.25) is 0 Å². The SMILES string of the molecule is OCC[C@@H](c1ccc(F)cc1)c1ccc[nH]1. The molecule has 0 aliphatic rings. The molecule has 0 unspecified atom stereocenters. The van der Waals surface area contributed by atoms with E-state index in [-0.39, 0.29) is 18.3 Å². The van der Waals surface area contributed by atoms with E-state index in [2.05, 4.69) is 4.98 Å². The van der Waals surface area contributed by atoms with Crippen molar-refractivity contribution < 1.29 is 9.50 Å². The minimum atomic E-state index is -0.238. The van der Waals surface area contributed by atoms with Crippen LogP contribution in [-0.2, 0) is 0 Å². The van der Waals surface area contributed by atoms with E-state index in [9.17, 15) is 4.39 Å². The highest BCUT2D eigenvalue weighted by atomic mass is 19.1. The zero-order valence-electron chi connectivity index (χ0n) is 8.86. The highest BCUT2D eigenvalue weighted by Gasteiger charge is 2.14. The summed E-state index contributed by atoms with van der Waals surface area (Å²) >= 11 is 0. The molecule has 2 nitrogen and oxygen atoms in total. The summed E-state index contributed by atoms with van der Waals surface area (Å²) in [6.45, 7) is 0.112. The smallest absolute Gasteiger partial charge is 0.123 e. The van der Waals surface area contributed by atoms with Crippen molar-refractivity contribution in [2.75, 3.05) is 6.61 Å². The van der Waals surface area contributed by atoms with Gasteiger partial charge in [0.15, 0.2) is 0 Å². The molecule has 2 N–H and O–H groups in total. The van der Waals surface area contributed by atoms with E-state index in [4.69, 9.17) is 5.11 Å². The van der Waals surface area contributed by atoms with E-state index in [1.54, 1.807) is 12.1 Å². The van der Waals surface area contributed by atoms with Crippen LogP contribution in [-0.4, -0.2) is 16.7 Å². The molecule has 1 atom stereocenters. The molecule has 0 aliphatic heterocycles. The number of rotatable bonds is 4. The number of H-pyrrole nitrogens is 1. The molecule has 1 heterocycles. The predicted molar refractivity (Wildman–Crippen MR) is 60.7 cm³/mol. The monoisotopic (exact) mass is 219 g/mol. The van der Waals surface area contributed by atoms with Crippen LogP contribution in [0.5, 0.6) is 0 Å². The molecule has 0 radical (unpaired) electrons. The van der Waals surface area contributed by atoms with Crippen LogP contribution in [0.2, 0.25) is 0 Å². The predicted octanol–water partition coefficient (Wildman–Crippen LogP) is 2.67. The lowest BCUT2D eigenvalue weighted by molar-refractivity contribution is 0.281. The van der Waals surface area contributed by atoms with Gasteiger partial charge in [-0.25, -0.2) is 4.39 Å². The van der Waals surface area contributed by atoms with Crippen LogP contribution in [0.4, 0.5) is 4.39 Å². The average molecular weight is 219 g/mol. The molecule has 0 fully saturated rings. The Kier molecular flexibility index (Phi) is 3.37. The first kappa shape index (κ1) is 10.9. The third kappa shape index (κ3) is 2.31. The van der Waals surface area contributed by atoms with Crippen LogP contribution in [0.3, 0.4) is 0 Å². The molecule has 3 heteroatoms. The third-order valence-corrected chi connectivity index (χ3v) is 2.69. The highest BCUT2D eigenvalue weighted by Crippen LogP contribution is 2.26. The van der Waals surface area contributed by atoms with E-state index >= 15 is 0 Å². The van der Waals surface area contributed by atoms with Crippen LogP contribution < -0.4 is 0 Å². The molecule has 0 amide bonds. The fourth-order valence-electron chi connectivity index (χ4n) is 1.89. The third-order valence-electron chi connectivity index (χ3n) is 2.69. The lowest BCUT2D eigenvalue weighted by atomic mass is 9.93. The summed E-state index contributed by atoms with van der Waals surface area (Å²) < 4.78 is 12.8. The van der Waals surface area contributed by atoms with Crippen LogP contribution in [0.25, 0.3) is 0 Å². The normalized spacial score (nSPS) is 12.6. The van der Waals surface area contributed by atoms with E-state index in [0.717, 1.165) is 11.3 Å².